The Hall–Kier alpha value is -0.860. The van der Waals surface area contributed by atoms with Crippen LogP contribution in [0.5, 0.6) is 0 Å². The van der Waals surface area contributed by atoms with Crippen LogP contribution in [0.15, 0.2) is 30.9 Å². The standard InChI is InChI=1S/C13H17ClFN/c1-3-4-5-12(16-2)8-10-6-7-11(15)9-13(10)14/h3,6-7,9,12,16H,1,4-5,8H2,2H3. The zero-order valence-electron chi connectivity index (χ0n) is 9.47. The highest BCUT2D eigenvalue weighted by atomic mass is 35.5. The Morgan fingerprint density at radius 2 is 2.31 bits per heavy atom. The second-order valence-corrected chi connectivity index (χ2v) is 4.20. The van der Waals surface area contributed by atoms with E-state index in [4.69, 9.17) is 11.6 Å². The Labute approximate surface area is 101 Å². The first kappa shape index (κ1) is 13.2. The Balaban J connectivity index is 2.66. The number of hydrogen-bond acceptors (Lipinski definition) is 1. The first-order valence-electron chi connectivity index (χ1n) is 5.39. The van der Waals surface area contributed by atoms with Crippen LogP contribution in [0.4, 0.5) is 4.39 Å². The van der Waals surface area contributed by atoms with Gasteiger partial charge in [0.15, 0.2) is 0 Å². The van der Waals surface area contributed by atoms with Crippen molar-refractivity contribution in [3.05, 3.63) is 47.3 Å². The fourth-order valence-electron chi connectivity index (χ4n) is 1.62. The highest BCUT2D eigenvalue weighted by molar-refractivity contribution is 6.31. The third-order valence-electron chi connectivity index (χ3n) is 2.61. The van der Waals surface area contributed by atoms with E-state index in [1.54, 1.807) is 6.07 Å². The van der Waals surface area contributed by atoms with E-state index in [1.165, 1.54) is 12.1 Å². The van der Waals surface area contributed by atoms with Crippen LogP contribution in [0.1, 0.15) is 18.4 Å². The summed E-state index contributed by atoms with van der Waals surface area (Å²) < 4.78 is 12.9. The molecule has 1 N–H and O–H groups in total. The smallest absolute Gasteiger partial charge is 0.124 e. The summed E-state index contributed by atoms with van der Waals surface area (Å²) >= 11 is 5.98. The molecule has 0 spiro atoms. The van der Waals surface area contributed by atoms with Crippen molar-refractivity contribution < 1.29 is 4.39 Å². The van der Waals surface area contributed by atoms with Crippen molar-refractivity contribution in [2.75, 3.05) is 7.05 Å². The van der Waals surface area contributed by atoms with Gasteiger partial charge in [0.05, 0.1) is 0 Å². The summed E-state index contributed by atoms with van der Waals surface area (Å²) in [6, 6.07) is 4.90. The SMILES string of the molecule is C=CCCC(Cc1ccc(F)cc1Cl)NC. The van der Waals surface area contributed by atoms with Crippen molar-refractivity contribution in [3.8, 4) is 0 Å². The quantitative estimate of drug-likeness (QED) is 0.751. The molecule has 0 aliphatic heterocycles. The van der Waals surface area contributed by atoms with Gasteiger partial charge in [0.1, 0.15) is 5.82 Å². The van der Waals surface area contributed by atoms with E-state index >= 15 is 0 Å². The molecule has 0 radical (unpaired) electrons. The van der Waals surface area contributed by atoms with E-state index in [0.717, 1.165) is 24.8 Å². The predicted octanol–water partition coefficient (Wildman–Crippen LogP) is 3.58. The van der Waals surface area contributed by atoms with Gasteiger partial charge in [0.2, 0.25) is 0 Å². The number of benzene rings is 1. The lowest BCUT2D eigenvalue weighted by Crippen LogP contribution is -2.27. The van der Waals surface area contributed by atoms with Gasteiger partial charge in [-0.05, 0) is 44.0 Å². The van der Waals surface area contributed by atoms with Crippen molar-refractivity contribution in [1.82, 2.24) is 5.32 Å². The van der Waals surface area contributed by atoms with Gasteiger partial charge in [-0.3, -0.25) is 0 Å². The minimum absolute atomic E-state index is 0.291. The highest BCUT2D eigenvalue weighted by Gasteiger charge is 2.09. The van der Waals surface area contributed by atoms with Crippen molar-refractivity contribution in [2.45, 2.75) is 25.3 Å². The number of halogens is 2. The van der Waals surface area contributed by atoms with E-state index in [9.17, 15) is 4.39 Å². The number of allylic oxidation sites excluding steroid dienone is 1. The predicted molar refractivity (Wildman–Crippen MR) is 67.4 cm³/mol. The second kappa shape index (κ2) is 6.66. The minimum Gasteiger partial charge on any atom is -0.317 e. The third-order valence-corrected chi connectivity index (χ3v) is 2.96. The maximum atomic E-state index is 12.9. The molecule has 0 bridgehead atoms. The van der Waals surface area contributed by atoms with Gasteiger partial charge < -0.3 is 5.32 Å². The molecule has 0 amide bonds. The largest absolute Gasteiger partial charge is 0.317 e. The lowest BCUT2D eigenvalue weighted by atomic mass is 10.0. The van der Waals surface area contributed by atoms with Gasteiger partial charge in [0, 0.05) is 11.1 Å². The van der Waals surface area contributed by atoms with E-state index in [2.05, 4.69) is 11.9 Å². The summed E-state index contributed by atoms with van der Waals surface area (Å²) in [4.78, 5) is 0. The van der Waals surface area contributed by atoms with Crippen LogP contribution >= 0.6 is 11.6 Å². The van der Waals surface area contributed by atoms with Gasteiger partial charge in [-0.15, -0.1) is 6.58 Å². The number of likely N-dealkylation sites (N-methyl/N-ethyl adjacent to an activating group) is 1. The van der Waals surface area contributed by atoms with E-state index in [-0.39, 0.29) is 5.82 Å². The van der Waals surface area contributed by atoms with Crippen LogP contribution in [0.2, 0.25) is 5.02 Å². The van der Waals surface area contributed by atoms with E-state index in [0.29, 0.717) is 11.1 Å². The summed E-state index contributed by atoms with van der Waals surface area (Å²) in [6.45, 7) is 3.70. The molecule has 1 nitrogen and oxygen atoms in total. The highest BCUT2D eigenvalue weighted by Crippen LogP contribution is 2.19. The summed E-state index contributed by atoms with van der Waals surface area (Å²) in [6.07, 6.45) is 4.68. The van der Waals surface area contributed by atoms with Gasteiger partial charge in [-0.2, -0.15) is 0 Å². The van der Waals surface area contributed by atoms with Crippen molar-refractivity contribution in [3.63, 3.8) is 0 Å². The zero-order valence-corrected chi connectivity index (χ0v) is 10.2. The number of hydrogen-bond donors (Lipinski definition) is 1. The summed E-state index contributed by atoms with van der Waals surface area (Å²) in [5.74, 6) is -0.291. The fourth-order valence-corrected chi connectivity index (χ4v) is 1.86. The molecular weight excluding hydrogens is 225 g/mol. The first-order chi connectivity index (χ1) is 7.67. The Kier molecular flexibility index (Phi) is 5.50. The molecule has 0 aliphatic rings. The van der Waals surface area contributed by atoms with Gasteiger partial charge in [0.25, 0.3) is 0 Å². The van der Waals surface area contributed by atoms with Crippen LogP contribution in [0, 0.1) is 5.82 Å². The van der Waals surface area contributed by atoms with Crippen LogP contribution in [-0.4, -0.2) is 13.1 Å². The van der Waals surface area contributed by atoms with Crippen molar-refractivity contribution >= 4 is 11.6 Å². The van der Waals surface area contributed by atoms with Crippen molar-refractivity contribution in [2.24, 2.45) is 0 Å². The Morgan fingerprint density at radius 1 is 1.56 bits per heavy atom. The molecule has 1 atom stereocenters. The van der Waals surface area contributed by atoms with E-state index in [1.807, 2.05) is 13.1 Å². The van der Waals surface area contributed by atoms with Crippen LogP contribution in [0.3, 0.4) is 0 Å². The summed E-state index contributed by atoms with van der Waals surface area (Å²) in [5.41, 5.74) is 0.978. The van der Waals surface area contributed by atoms with Crippen LogP contribution in [-0.2, 0) is 6.42 Å². The molecule has 1 rings (SSSR count). The maximum absolute atomic E-state index is 12.9. The van der Waals surface area contributed by atoms with Gasteiger partial charge in [-0.25, -0.2) is 4.39 Å². The van der Waals surface area contributed by atoms with Gasteiger partial charge in [-0.1, -0.05) is 23.7 Å². The molecule has 0 aliphatic carbocycles. The molecule has 0 aromatic heterocycles. The fraction of sp³-hybridized carbons (Fsp3) is 0.385. The lowest BCUT2D eigenvalue weighted by Gasteiger charge is -2.16. The molecule has 16 heavy (non-hydrogen) atoms. The first-order valence-corrected chi connectivity index (χ1v) is 5.77. The van der Waals surface area contributed by atoms with Crippen molar-refractivity contribution in [1.29, 1.82) is 0 Å². The average Bonchev–Trinajstić information content (AvgIpc) is 2.27. The second-order valence-electron chi connectivity index (χ2n) is 3.79. The molecule has 1 unspecified atom stereocenters. The Bertz CT molecular complexity index is 352. The number of nitrogens with one attached hydrogen (secondary N) is 1. The molecule has 3 heteroatoms. The summed E-state index contributed by atoms with van der Waals surface area (Å²) in [5, 5.41) is 3.73. The summed E-state index contributed by atoms with van der Waals surface area (Å²) in [7, 11) is 1.92. The molecule has 0 heterocycles. The molecule has 0 saturated carbocycles. The topological polar surface area (TPSA) is 12.0 Å². The molecule has 1 aromatic carbocycles. The minimum atomic E-state index is -0.291. The maximum Gasteiger partial charge on any atom is 0.124 e. The molecule has 0 fully saturated rings. The zero-order chi connectivity index (χ0) is 12.0. The lowest BCUT2D eigenvalue weighted by molar-refractivity contribution is 0.524. The van der Waals surface area contributed by atoms with E-state index < -0.39 is 0 Å². The molecule has 0 saturated heterocycles. The Morgan fingerprint density at radius 3 is 2.88 bits per heavy atom. The molecule has 88 valence electrons. The molecular formula is C13H17ClFN. The molecule has 1 aromatic rings. The van der Waals surface area contributed by atoms with Gasteiger partial charge >= 0.3 is 0 Å². The normalized spacial score (nSPS) is 12.4. The van der Waals surface area contributed by atoms with Crippen LogP contribution in [0.25, 0.3) is 0 Å². The van der Waals surface area contributed by atoms with Crippen LogP contribution < -0.4 is 5.32 Å². The average molecular weight is 242 g/mol. The third kappa shape index (κ3) is 3.95. The monoisotopic (exact) mass is 241 g/mol. The number of rotatable bonds is 6.